The van der Waals surface area contributed by atoms with E-state index >= 15 is 0 Å². The first kappa shape index (κ1) is 12.0. The van der Waals surface area contributed by atoms with Crippen LogP contribution in [-0.2, 0) is 6.54 Å². The highest BCUT2D eigenvalue weighted by atomic mass is 16.3. The Kier molecular flexibility index (Phi) is 3.10. The summed E-state index contributed by atoms with van der Waals surface area (Å²) in [5.41, 5.74) is 4.64. The van der Waals surface area contributed by atoms with Crippen molar-refractivity contribution < 1.29 is 4.42 Å². The van der Waals surface area contributed by atoms with E-state index < -0.39 is 0 Å². The van der Waals surface area contributed by atoms with Crippen molar-refractivity contribution in [3.05, 3.63) is 59.7 Å². The standard InChI is InChI=1S/C17H17NO/c1-12-9-13(11-18-2)7-8-15(12)17-10-14-5-3-4-6-16(14)19-17/h3-10,18H,11H2,1-2H3. The predicted octanol–water partition coefficient (Wildman–Crippen LogP) is 4.13. The van der Waals surface area contributed by atoms with Crippen LogP contribution in [0.2, 0.25) is 0 Å². The molecule has 2 aromatic carbocycles. The third kappa shape index (κ3) is 2.27. The molecule has 2 nitrogen and oxygen atoms in total. The van der Waals surface area contributed by atoms with Gasteiger partial charge in [0.15, 0.2) is 0 Å². The number of para-hydroxylation sites is 1. The lowest BCUT2D eigenvalue weighted by molar-refractivity contribution is 0.631. The zero-order valence-electron chi connectivity index (χ0n) is 11.2. The summed E-state index contributed by atoms with van der Waals surface area (Å²) in [6, 6.07) is 16.7. The molecule has 0 spiro atoms. The van der Waals surface area contributed by atoms with Crippen molar-refractivity contribution in [3.8, 4) is 11.3 Å². The average Bonchev–Trinajstić information content (AvgIpc) is 2.82. The minimum absolute atomic E-state index is 0.890. The molecule has 3 aromatic rings. The predicted molar refractivity (Wildman–Crippen MR) is 79.2 cm³/mol. The van der Waals surface area contributed by atoms with Crippen molar-refractivity contribution in [1.82, 2.24) is 5.32 Å². The highest BCUT2D eigenvalue weighted by molar-refractivity contribution is 5.83. The Bertz CT molecular complexity index is 679. The smallest absolute Gasteiger partial charge is 0.135 e. The van der Waals surface area contributed by atoms with Gasteiger partial charge in [0, 0.05) is 17.5 Å². The average molecular weight is 251 g/mol. The number of fused-ring (bicyclic) bond motifs is 1. The second kappa shape index (κ2) is 4.90. The summed E-state index contributed by atoms with van der Waals surface area (Å²) in [5.74, 6) is 0.940. The van der Waals surface area contributed by atoms with Crippen molar-refractivity contribution in [3.63, 3.8) is 0 Å². The normalized spacial score (nSPS) is 11.1. The van der Waals surface area contributed by atoms with E-state index in [1.807, 2.05) is 25.2 Å². The molecule has 0 fully saturated rings. The summed E-state index contributed by atoms with van der Waals surface area (Å²) in [4.78, 5) is 0. The molecule has 1 aromatic heterocycles. The third-order valence-electron chi connectivity index (χ3n) is 3.36. The summed E-state index contributed by atoms with van der Waals surface area (Å²) < 4.78 is 5.92. The van der Waals surface area contributed by atoms with Gasteiger partial charge in [0.2, 0.25) is 0 Å². The van der Waals surface area contributed by atoms with Gasteiger partial charge in [-0.25, -0.2) is 0 Å². The van der Waals surface area contributed by atoms with E-state index in [0.717, 1.165) is 28.8 Å². The van der Waals surface area contributed by atoms with Crippen LogP contribution in [-0.4, -0.2) is 7.05 Å². The number of furan rings is 1. The van der Waals surface area contributed by atoms with Gasteiger partial charge in [0.25, 0.3) is 0 Å². The first-order valence-electron chi connectivity index (χ1n) is 6.51. The molecule has 96 valence electrons. The molecule has 0 saturated heterocycles. The number of nitrogens with one attached hydrogen (secondary N) is 1. The van der Waals surface area contributed by atoms with Gasteiger partial charge in [0.05, 0.1) is 0 Å². The molecule has 0 aliphatic rings. The fraction of sp³-hybridized carbons (Fsp3) is 0.176. The summed E-state index contributed by atoms with van der Waals surface area (Å²) in [5, 5.41) is 4.32. The van der Waals surface area contributed by atoms with Crippen molar-refractivity contribution >= 4 is 11.0 Å². The van der Waals surface area contributed by atoms with E-state index in [-0.39, 0.29) is 0 Å². The second-order valence-corrected chi connectivity index (χ2v) is 4.83. The van der Waals surface area contributed by atoms with Crippen molar-refractivity contribution in [1.29, 1.82) is 0 Å². The van der Waals surface area contributed by atoms with E-state index in [0.29, 0.717) is 0 Å². The summed E-state index contributed by atoms with van der Waals surface area (Å²) in [7, 11) is 1.96. The lowest BCUT2D eigenvalue weighted by atomic mass is 10.0. The molecule has 1 N–H and O–H groups in total. The summed E-state index contributed by atoms with van der Waals surface area (Å²) in [6.07, 6.45) is 0. The molecule has 0 bridgehead atoms. The third-order valence-corrected chi connectivity index (χ3v) is 3.36. The Balaban J connectivity index is 2.05. The lowest BCUT2D eigenvalue weighted by Crippen LogP contribution is -2.05. The van der Waals surface area contributed by atoms with Gasteiger partial charge < -0.3 is 9.73 Å². The van der Waals surface area contributed by atoms with E-state index in [2.05, 4.69) is 42.6 Å². The number of hydrogen-bond donors (Lipinski definition) is 1. The first-order valence-corrected chi connectivity index (χ1v) is 6.51. The van der Waals surface area contributed by atoms with E-state index in [4.69, 9.17) is 4.42 Å². The molecule has 19 heavy (non-hydrogen) atoms. The monoisotopic (exact) mass is 251 g/mol. The topological polar surface area (TPSA) is 25.2 Å². The SMILES string of the molecule is CNCc1ccc(-c2cc3ccccc3o2)c(C)c1. The maximum atomic E-state index is 5.92. The largest absolute Gasteiger partial charge is 0.456 e. The Morgan fingerprint density at radius 3 is 2.63 bits per heavy atom. The van der Waals surface area contributed by atoms with Gasteiger partial charge in [-0.2, -0.15) is 0 Å². The second-order valence-electron chi connectivity index (χ2n) is 4.83. The zero-order valence-corrected chi connectivity index (χ0v) is 11.2. The van der Waals surface area contributed by atoms with E-state index in [9.17, 15) is 0 Å². The maximum absolute atomic E-state index is 5.92. The van der Waals surface area contributed by atoms with E-state index in [1.54, 1.807) is 0 Å². The lowest BCUT2D eigenvalue weighted by Gasteiger charge is -2.06. The quantitative estimate of drug-likeness (QED) is 0.757. The van der Waals surface area contributed by atoms with Gasteiger partial charge in [-0.05, 0) is 37.2 Å². The van der Waals surface area contributed by atoms with Crippen LogP contribution >= 0.6 is 0 Å². The number of aryl methyl sites for hydroxylation is 1. The van der Waals surface area contributed by atoms with Crippen LogP contribution in [0, 0.1) is 6.92 Å². The van der Waals surface area contributed by atoms with Gasteiger partial charge >= 0.3 is 0 Å². The van der Waals surface area contributed by atoms with Crippen molar-refractivity contribution in [2.24, 2.45) is 0 Å². The van der Waals surface area contributed by atoms with Crippen LogP contribution in [0.4, 0.5) is 0 Å². The number of hydrogen-bond acceptors (Lipinski definition) is 2. The van der Waals surface area contributed by atoms with Crippen LogP contribution in [0.15, 0.2) is 52.9 Å². The van der Waals surface area contributed by atoms with Crippen molar-refractivity contribution in [2.75, 3.05) is 7.05 Å². The van der Waals surface area contributed by atoms with Gasteiger partial charge in [-0.15, -0.1) is 0 Å². The van der Waals surface area contributed by atoms with Gasteiger partial charge in [0.1, 0.15) is 11.3 Å². The van der Waals surface area contributed by atoms with Crippen LogP contribution < -0.4 is 5.32 Å². The van der Waals surface area contributed by atoms with Gasteiger partial charge in [-0.1, -0.05) is 36.4 Å². The molecular weight excluding hydrogens is 234 g/mol. The Hall–Kier alpha value is -2.06. The first-order chi connectivity index (χ1) is 9.28. The maximum Gasteiger partial charge on any atom is 0.135 e. The highest BCUT2D eigenvalue weighted by Gasteiger charge is 2.08. The molecule has 0 aliphatic heterocycles. The van der Waals surface area contributed by atoms with Crippen LogP contribution in [0.25, 0.3) is 22.3 Å². The van der Waals surface area contributed by atoms with Crippen LogP contribution in [0.3, 0.4) is 0 Å². The molecule has 0 aliphatic carbocycles. The Labute approximate surface area is 113 Å². The highest BCUT2D eigenvalue weighted by Crippen LogP contribution is 2.30. The molecule has 0 atom stereocenters. The number of benzene rings is 2. The molecule has 1 heterocycles. The fourth-order valence-electron chi connectivity index (χ4n) is 2.43. The molecular formula is C17H17NO. The van der Waals surface area contributed by atoms with Crippen molar-refractivity contribution in [2.45, 2.75) is 13.5 Å². The molecule has 0 unspecified atom stereocenters. The van der Waals surface area contributed by atoms with E-state index in [1.165, 1.54) is 11.1 Å². The fourth-order valence-corrected chi connectivity index (χ4v) is 2.43. The van der Waals surface area contributed by atoms with Gasteiger partial charge in [-0.3, -0.25) is 0 Å². The molecule has 0 saturated carbocycles. The molecule has 2 heteroatoms. The van der Waals surface area contributed by atoms with Crippen LogP contribution in [0.1, 0.15) is 11.1 Å². The number of rotatable bonds is 3. The molecule has 0 amide bonds. The molecule has 0 radical (unpaired) electrons. The molecule has 3 rings (SSSR count). The van der Waals surface area contributed by atoms with Crippen LogP contribution in [0.5, 0.6) is 0 Å². The minimum Gasteiger partial charge on any atom is -0.456 e. The Morgan fingerprint density at radius 2 is 1.89 bits per heavy atom. The minimum atomic E-state index is 0.890. The summed E-state index contributed by atoms with van der Waals surface area (Å²) in [6.45, 7) is 3.02. The zero-order chi connectivity index (χ0) is 13.2. The Morgan fingerprint density at radius 1 is 1.05 bits per heavy atom. The summed E-state index contributed by atoms with van der Waals surface area (Å²) >= 11 is 0.